The number of para-hydroxylation sites is 4. The van der Waals surface area contributed by atoms with Gasteiger partial charge in [-0.1, -0.05) is 154 Å². The quantitative estimate of drug-likeness (QED) is 0.144. The van der Waals surface area contributed by atoms with Gasteiger partial charge in [-0.3, -0.25) is 4.57 Å². The lowest BCUT2D eigenvalue weighted by molar-refractivity contribution is -0.566. The van der Waals surface area contributed by atoms with Crippen LogP contribution in [-0.4, -0.2) is 14.1 Å². The summed E-state index contributed by atoms with van der Waals surface area (Å²) in [6.45, 7) is 6.75. The zero-order valence-corrected chi connectivity index (χ0v) is 35.0. The van der Waals surface area contributed by atoms with E-state index < -0.39 is 0 Å². The molecular weight excluding hydrogens is 757 g/mol. The van der Waals surface area contributed by atoms with Gasteiger partial charge in [0.05, 0.1) is 23.2 Å². The fourth-order valence-corrected chi connectivity index (χ4v) is 9.25. The van der Waals surface area contributed by atoms with Crippen molar-refractivity contribution in [1.82, 2.24) is 14.1 Å². The second-order valence-corrected chi connectivity index (χ2v) is 17.1. The highest BCUT2D eigenvalue weighted by molar-refractivity contribution is 6.09. The number of nitrogens with zero attached hydrogens (tertiary/aromatic N) is 4. The van der Waals surface area contributed by atoms with Gasteiger partial charge in [-0.25, -0.2) is 4.98 Å². The summed E-state index contributed by atoms with van der Waals surface area (Å²) < 4.78 is 13.3. The first-order valence-electron chi connectivity index (χ1n) is 21.3. The molecule has 5 nitrogen and oxygen atoms in total. The van der Waals surface area contributed by atoms with Crippen LogP contribution >= 0.6 is 0 Å². The first kappa shape index (κ1) is 37.3. The molecular formula is C57H45N4O+. The maximum atomic E-state index is 6.30. The van der Waals surface area contributed by atoms with Gasteiger partial charge in [0.2, 0.25) is 0 Å². The number of hydrogen-bond donors (Lipinski definition) is 0. The molecule has 4 aromatic heterocycles. The predicted octanol–water partition coefficient (Wildman–Crippen LogP) is 13.8. The Labute approximate surface area is 361 Å². The maximum absolute atomic E-state index is 6.30. The lowest BCUT2D eigenvalue weighted by Gasteiger charge is -2.20. The van der Waals surface area contributed by atoms with E-state index in [1.165, 1.54) is 38.6 Å². The molecule has 11 rings (SSSR count). The minimum atomic E-state index is -0.174. The molecule has 0 aliphatic carbocycles. The van der Waals surface area contributed by atoms with Crippen LogP contribution in [0.2, 0.25) is 0 Å². The van der Waals surface area contributed by atoms with Crippen LogP contribution in [0.15, 0.2) is 217 Å². The largest absolute Gasteiger partial charge is 0.468 e. The van der Waals surface area contributed by atoms with Crippen LogP contribution in [0.1, 0.15) is 49.1 Å². The summed E-state index contributed by atoms with van der Waals surface area (Å²) in [7, 11) is 0. The highest BCUT2D eigenvalue weighted by Gasteiger charge is 2.27. The van der Waals surface area contributed by atoms with Gasteiger partial charge >= 0.3 is 0 Å². The smallest absolute Gasteiger partial charge is 0.255 e. The first-order valence-corrected chi connectivity index (χ1v) is 21.3. The molecule has 0 fully saturated rings. The molecule has 298 valence electrons. The van der Waals surface area contributed by atoms with Crippen molar-refractivity contribution in [2.45, 2.75) is 32.1 Å². The summed E-state index contributed by atoms with van der Waals surface area (Å²) in [5, 5.41) is 2.39. The number of rotatable bonds is 8. The molecule has 7 aromatic carbocycles. The van der Waals surface area contributed by atoms with Crippen LogP contribution < -0.4 is 4.57 Å². The van der Waals surface area contributed by atoms with Gasteiger partial charge in [-0.2, -0.15) is 9.13 Å². The van der Waals surface area contributed by atoms with E-state index in [9.17, 15) is 0 Å². The maximum Gasteiger partial charge on any atom is 0.255 e. The molecule has 62 heavy (non-hydrogen) atoms. The first-order chi connectivity index (χ1) is 30.4. The summed E-state index contributed by atoms with van der Waals surface area (Å²) in [6, 6.07) is 69.6. The number of pyridine rings is 1. The van der Waals surface area contributed by atoms with Crippen LogP contribution in [0.5, 0.6) is 0 Å². The van der Waals surface area contributed by atoms with Gasteiger partial charge in [0.15, 0.2) is 11.0 Å². The summed E-state index contributed by atoms with van der Waals surface area (Å²) in [4.78, 5) is 4.96. The fraction of sp³-hybridized carbons (Fsp3) is 0.0877. The van der Waals surface area contributed by atoms with E-state index >= 15 is 0 Å². The third kappa shape index (κ3) is 6.41. The van der Waals surface area contributed by atoms with E-state index in [0.717, 1.165) is 56.1 Å². The van der Waals surface area contributed by atoms with E-state index in [4.69, 9.17) is 9.40 Å². The average molecular weight is 802 g/mol. The van der Waals surface area contributed by atoms with Crippen molar-refractivity contribution in [1.29, 1.82) is 0 Å². The van der Waals surface area contributed by atoms with Gasteiger partial charge in [0.25, 0.3) is 6.33 Å². The second kappa shape index (κ2) is 15.1. The average Bonchev–Trinajstić information content (AvgIpc) is 4.06. The molecule has 0 N–H and O–H groups in total. The Hall–Kier alpha value is -7.76. The highest BCUT2D eigenvalue weighted by atomic mass is 16.3. The third-order valence-electron chi connectivity index (χ3n) is 12.3. The molecule has 0 amide bonds. The summed E-state index contributed by atoms with van der Waals surface area (Å²) in [6.07, 6.45) is 5.97. The highest BCUT2D eigenvalue weighted by Crippen LogP contribution is 2.40. The van der Waals surface area contributed by atoms with Crippen molar-refractivity contribution < 1.29 is 8.98 Å². The summed E-state index contributed by atoms with van der Waals surface area (Å²) in [5.74, 6) is 1.62. The van der Waals surface area contributed by atoms with Gasteiger partial charge in [-0.05, 0) is 93.9 Å². The molecule has 1 atom stereocenters. The minimum Gasteiger partial charge on any atom is -0.468 e. The van der Waals surface area contributed by atoms with E-state index in [0.29, 0.717) is 0 Å². The topological polar surface area (TPSA) is 39.8 Å². The Morgan fingerprint density at radius 2 is 1.21 bits per heavy atom. The summed E-state index contributed by atoms with van der Waals surface area (Å²) in [5.41, 5.74) is 14.8. The third-order valence-corrected chi connectivity index (χ3v) is 12.3. The molecule has 0 aliphatic rings. The van der Waals surface area contributed by atoms with Gasteiger partial charge in [0, 0.05) is 28.1 Å². The number of imidazole rings is 1. The Kier molecular flexibility index (Phi) is 9.05. The second-order valence-electron chi connectivity index (χ2n) is 17.1. The normalized spacial score (nSPS) is 12.4. The van der Waals surface area contributed by atoms with Crippen molar-refractivity contribution in [2.75, 3.05) is 0 Å². The SMILES string of the molecule is CC(C)(C)c1ccnc(-n2c3ccccc3c3ccc(C(c4cccc(-n5c[n+](-c6c(-c7ccccc7)cccc6-c6ccccc6)c6ccccc65)c4)c4ccco4)cc32)c1. The number of furan rings is 1. The van der Waals surface area contributed by atoms with Crippen LogP contribution in [0, 0.1) is 0 Å². The Morgan fingerprint density at radius 1 is 0.548 bits per heavy atom. The standard InChI is InChI=1S/C57H45N4O/c1-57(2,3)43-32-33-58-54(37-43)61-49-26-11-10-23-47(49)48-31-30-42(36-52(48)61)55(53-29-16-34-62-53)41-21-14-22-44(35-41)59-38-60(51-28-13-12-27-50(51)59)56-45(39-17-6-4-7-18-39)24-15-25-46(56)40-19-8-5-9-20-40/h4-38,55H,1-3H3/q+1. The number of aromatic nitrogens is 4. The van der Waals surface area contributed by atoms with Crippen molar-refractivity contribution in [3.8, 4) is 39.4 Å². The molecule has 0 bridgehead atoms. The van der Waals surface area contributed by atoms with Gasteiger partial charge in [0.1, 0.15) is 23.0 Å². The van der Waals surface area contributed by atoms with Crippen LogP contribution in [0.25, 0.3) is 72.3 Å². The van der Waals surface area contributed by atoms with Gasteiger partial charge < -0.3 is 4.42 Å². The van der Waals surface area contributed by atoms with Crippen molar-refractivity contribution in [2.24, 2.45) is 0 Å². The van der Waals surface area contributed by atoms with E-state index in [-0.39, 0.29) is 11.3 Å². The molecule has 0 saturated carbocycles. The van der Waals surface area contributed by atoms with Crippen molar-refractivity contribution in [3.05, 3.63) is 235 Å². The van der Waals surface area contributed by atoms with E-state index in [1.807, 2.05) is 12.3 Å². The molecule has 0 spiro atoms. The van der Waals surface area contributed by atoms with Crippen LogP contribution in [-0.2, 0) is 5.41 Å². The van der Waals surface area contributed by atoms with Crippen LogP contribution in [0.3, 0.4) is 0 Å². The Morgan fingerprint density at radius 3 is 1.94 bits per heavy atom. The van der Waals surface area contributed by atoms with E-state index in [2.05, 4.69) is 229 Å². The molecule has 0 aliphatic heterocycles. The molecule has 1 unspecified atom stereocenters. The summed E-state index contributed by atoms with van der Waals surface area (Å²) >= 11 is 0. The zero-order valence-electron chi connectivity index (χ0n) is 35.0. The Balaban J connectivity index is 1.09. The lowest BCUT2D eigenvalue weighted by Crippen LogP contribution is -2.30. The monoisotopic (exact) mass is 801 g/mol. The minimum absolute atomic E-state index is 0.0171. The van der Waals surface area contributed by atoms with Crippen molar-refractivity contribution in [3.63, 3.8) is 0 Å². The molecule has 0 radical (unpaired) electrons. The fourth-order valence-electron chi connectivity index (χ4n) is 9.25. The molecule has 0 saturated heterocycles. The van der Waals surface area contributed by atoms with Crippen molar-refractivity contribution >= 4 is 32.8 Å². The molecule has 11 aromatic rings. The van der Waals surface area contributed by atoms with Gasteiger partial charge in [-0.15, -0.1) is 0 Å². The van der Waals surface area contributed by atoms with E-state index in [1.54, 1.807) is 6.26 Å². The Bertz CT molecular complexity index is 3330. The van der Waals surface area contributed by atoms with Crippen LogP contribution in [0.4, 0.5) is 0 Å². The predicted molar refractivity (Wildman–Crippen MR) is 253 cm³/mol. The molecule has 5 heteroatoms. The number of benzene rings is 7. The molecule has 4 heterocycles. The number of fused-ring (bicyclic) bond motifs is 4. The number of hydrogen-bond acceptors (Lipinski definition) is 2. The lowest BCUT2D eigenvalue weighted by atomic mass is 9.87. The zero-order chi connectivity index (χ0) is 41.8.